The Morgan fingerprint density at radius 3 is 2.62 bits per heavy atom. The molecule has 0 heterocycles. The molecule has 0 bridgehead atoms. The maximum absolute atomic E-state index is 13.4. The molecule has 2 nitrogen and oxygen atoms in total. The van der Waals surface area contributed by atoms with E-state index in [1.54, 1.807) is 0 Å². The molecular weight excluding hydrogens is 169 g/mol. The van der Waals surface area contributed by atoms with E-state index < -0.39 is 5.67 Å². The van der Waals surface area contributed by atoms with Crippen LogP contribution in [0.5, 0.6) is 0 Å². The molecule has 0 unspecified atom stereocenters. The molecule has 3 heteroatoms. The van der Waals surface area contributed by atoms with Crippen molar-refractivity contribution in [1.29, 1.82) is 0 Å². The van der Waals surface area contributed by atoms with Crippen molar-refractivity contribution >= 4 is 5.91 Å². The van der Waals surface area contributed by atoms with Crippen LogP contribution in [0.4, 0.5) is 4.39 Å². The molecule has 2 saturated carbocycles. The number of halogens is 1. The van der Waals surface area contributed by atoms with Crippen molar-refractivity contribution in [2.45, 2.75) is 38.3 Å². The van der Waals surface area contributed by atoms with Crippen LogP contribution in [0, 0.1) is 11.8 Å². The molecule has 2 atom stereocenters. The average Bonchev–Trinajstić information content (AvgIpc) is 2.75. The first-order valence-electron chi connectivity index (χ1n) is 5.07. The van der Waals surface area contributed by atoms with Gasteiger partial charge in [0.05, 0.1) is 6.54 Å². The van der Waals surface area contributed by atoms with Crippen LogP contribution in [0.3, 0.4) is 0 Å². The zero-order valence-electron chi connectivity index (χ0n) is 7.98. The first-order chi connectivity index (χ1) is 6.11. The molecule has 0 spiro atoms. The van der Waals surface area contributed by atoms with E-state index in [2.05, 4.69) is 12.2 Å². The van der Waals surface area contributed by atoms with Gasteiger partial charge in [-0.3, -0.25) is 4.79 Å². The number of carbonyl (C=O) groups is 1. The number of alkyl halides is 1. The van der Waals surface area contributed by atoms with E-state index in [1.165, 1.54) is 0 Å². The number of rotatable bonds is 3. The zero-order valence-corrected chi connectivity index (χ0v) is 7.98. The van der Waals surface area contributed by atoms with Gasteiger partial charge in [0.1, 0.15) is 5.67 Å². The lowest BCUT2D eigenvalue weighted by Gasteiger charge is -2.33. The van der Waals surface area contributed by atoms with Gasteiger partial charge < -0.3 is 5.32 Å². The van der Waals surface area contributed by atoms with Gasteiger partial charge in [-0.1, -0.05) is 6.92 Å². The summed E-state index contributed by atoms with van der Waals surface area (Å²) in [6.07, 6.45) is 3.18. The molecular formula is C10H16FNO. The van der Waals surface area contributed by atoms with E-state index in [4.69, 9.17) is 0 Å². The van der Waals surface area contributed by atoms with Gasteiger partial charge in [0.15, 0.2) is 0 Å². The number of carbonyl (C=O) groups excluding carboxylic acids is 1. The van der Waals surface area contributed by atoms with E-state index >= 15 is 0 Å². The second-order valence-electron chi connectivity index (χ2n) is 4.54. The third kappa shape index (κ3) is 1.84. The number of hydrogen-bond donors (Lipinski definition) is 1. The van der Waals surface area contributed by atoms with Crippen LogP contribution < -0.4 is 5.32 Å². The summed E-state index contributed by atoms with van der Waals surface area (Å²) in [5, 5.41) is 2.70. The fraction of sp³-hybridized carbons (Fsp3) is 0.900. The fourth-order valence-electron chi connectivity index (χ4n) is 1.80. The fourth-order valence-corrected chi connectivity index (χ4v) is 1.80. The smallest absolute Gasteiger partial charge is 0.223 e. The van der Waals surface area contributed by atoms with Crippen molar-refractivity contribution in [3.8, 4) is 0 Å². The summed E-state index contributed by atoms with van der Waals surface area (Å²) in [6, 6.07) is 0. The van der Waals surface area contributed by atoms with Gasteiger partial charge >= 0.3 is 0 Å². The average molecular weight is 185 g/mol. The Hall–Kier alpha value is -0.600. The lowest BCUT2D eigenvalue weighted by atomic mass is 9.82. The molecule has 0 saturated heterocycles. The lowest BCUT2D eigenvalue weighted by molar-refractivity contribution is -0.123. The van der Waals surface area contributed by atoms with Crippen LogP contribution in [0.15, 0.2) is 0 Å². The van der Waals surface area contributed by atoms with E-state index in [0.717, 1.165) is 12.8 Å². The highest BCUT2D eigenvalue weighted by atomic mass is 19.1. The number of nitrogens with one attached hydrogen (secondary N) is 1. The molecule has 2 fully saturated rings. The third-order valence-corrected chi connectivity index (χ3v) is 3.28. The third-order valence-electron chi connectivity index (χ3n) is 3.28. The Kier molecular flexibility index (Phi) is 2.05. The van der Waals surface area contributed by atoms with E-state index in [0.29, 0.717) is 18.8 Å². The highest BCUT2D eigenvalue weighted by Crippen LogP contribution is 2.38. The standard InChI is InChI=1S/C10H16FNO/c1-7-5-8(7)9(13)12-6-10(11)3-2-4-10/h7-8H,2-6H2,1H3,(H,12,13)/t7-,8-/m0/s1. The Labute approximate surface area is 77.9 Å². The predicted molar refractivity (Wildman–Crippen MR) is 48.0 cm³/mol. The molecule has 0 aromatic rings. The molecule has 0 aromatic heterocycles. The summed E-state index contributed by atoms with van der Waals surface area (Å²) in [4.78, 5) is 11.3. The molecule has 1 amide bonds. The van der Waals surface area contributed by atoms with Gasteiger partial charge in [-0.25, -0.2) is 4.39 Å². The SMILES string of the molecule is C[C@H]1C[C@@H]1C(=O)NCC1(F)CCC1. The Bertz CT molecular complexity index is 225. The molecule has 0 aliphatic heterocycles. The minimum Gasteiger partial charge on any atom is -0.353 e. The van der Waals surface area contributed by atoms with Crippen molar-refractivity contribution in [1.82, 2.24) is 5.32 Å². The second-order valence-corrected chi connectivity index (χ2v) is 4.54. The molecule has 2 aliphatic carbocycles. The Morgan fingerprint density at radius 1 is 1.62 bits per heavy atom. The molecule has 13 heavy (non-hydrogen) atoms. The minimum atomic E-state index is -1.08. The maximum atomic E-state index is 13.4. The summed E-state index contributed by atoms with van der Waals surface area (Å²) >= 11 is 0. The monoisotopic (exact) mass is 185 g/mol. The highest BCUT2D eigenvalue weighted by Gasteiger charge is 2.41. The maximum Gasteiger partial charge on any atom is 0.223 e. The van der Waals surface area contributed by atoms with Crippen molar-refractivity contribution in [3.63, 3.8) is 0 Å². The molecule has 2 aliphatic rings. The summed E-state index contributed by atoms with van der Waals surface area (Å²) < 4.78 is 13.4. The van der Waals surface area contributed by atoms with Gasteiger partial charge in [0, 0.05) is 5.92 Å². The Balaban J connectivity index is 1.70. The van der Waals surface area contributed by atoms with Crippen LogP contribution in [-0.2, 0) is 4.79 Å². The summed E-state index contributed by atoms with van der Waals surface area (Å²) in [7, 11) is 0. The van der Waals surface area contributed by atoms with Gasteiger partial charge in [0.25, 0.3) is 0 Å². The molecule has 1 N–H and O–H groups in total. The van der Waals surface area contributed by atoms with Crippen molar-refractivity contribution < 1.29 is 9.18 Å². The first-order valence-corrected chi connectivity index (χ1v) is 5.07. The summed E-state index contributed by atoms with van der Waals surface area (Å²) in [6.45, 7) is 2.29. The van der Waals surface area contributed by atoms with Crippen LogP contribution >= 0.6 is 0 Å². The molecule has 0 aromatic carbocycles. The van der Waals surface area contributed by atoms with Gasteiger partial charge in [-0.2, -0.15) is 0 Å². The summed E-state index contributed by atoms with van der Waals surface area (Å²) in [5.41, 5.74) is -1.08. The van der Waals surface area contributed by atoms with Crippen LogP contribution in [0.1, 0.15) is 32.6 Å². The number of amides is 1. The summed E-state index contributed by atoms with van der Waals surface area (Å²) in [5.74, 6) is 0.733. The van der Waals surface area contributed by atoms with Gasteiger partial charge in [-0.05, 0) is 31.6 Å². The second kappa shape index (κ2) is 2.96. The number of hydrogen-bond acceptors (Lipinski definition) is 1. The largest absolute Gasteiger partial charge is 0.353 e. The van der Waals surface area contributed by atoms with Crippen molar-refractivity contribution in [2.75, 3.05) is 6.54 Å². The minimum absolute atomic E-state index is 0.0522. The highest BCUT2D eigenvalue weighted by molar-refractivity contribution is 5.81. The van der Waals surface area contributed by atoms with Crippen LogP contribution in [-0.4, -0.2) is 18.1 Å². The lowest BCUT2D eigenvalue weighted by Crippen LogP contribution is -2.44. The van der Waals surface area contributed by atoms with E-state index in [9.17, 15) is 9.18 Å². The topological polar surface area (TPSA) is 29.1 Å². The zero-order chi connectivity index (χ0) is 9.47. The first kappa shape index (κ1) is 8.97. The van der Waals surface area contributed by atoms with Crippen LogP contribution in [0.2, 0.25) is 0 Å². The quantitative estimate of drug-likeness (QED) is 0.711. The molecule has 0 radical (unpaired) electrons. The van der Waals surface area contributed by atoms with Crippen LogP contribution in [0.25, 0.3) is 0 Å². The van der Waals surface area contributed by atoms with Gasteiger partial charge in [-0.15, -0.1) is 0 Å². The van der Waals surface area contributed by atoms with Gasteiger partial charge in [0.2, 0.25) is 5.91 Å². The molecule has 2 rings (SSSR count). The van der Waals surface area contributed by atoms with E-state index in [1.807, 2.05) is 0 Å². The van der Waals surface area contributed by atoms with Crippen molar-refractivity contribution in [2.24, 2.45) is 11.8 Å². The van der Waals surface area contributed by atoms with Crippen molar-refractivity contribution in [3.05, 3.63) is 0 Å². The predicted octanol–water partition coefficient (Wildman–Crippen LogP) is 1.65. The normalized spacial score (nSPS) is 34.9. The molecule has 74 valence electrons. The Morgan fingerprint density at radius 2 is 2.23 bits per heavy atom. The van der Waals surface area contributed by atoms with E-state index in [-0.39, 0.29) is 18.4 Å².